The van der Waals surface area contributed by atoms with Crippen LogP contribution < -0.4 is 4.72 Å². The Hall–Kier alpha value is -0.910. The van der Waals surface area contributed by atoms with E-state index in [4.69, 9.17) is 4.74 Å². The van der Waals surface area contributed by atoms with Crippen LogP contribution in [0.3, 0.4) is 0 Å². The maximum atomic E-state index is 12.4. The maximum Gasteiger partial charge on any atom is 0.216 e. The van der Waals surface area contributed by atoms with Gasteiger partial charge in [-0.3, -0.25) is 0 Å². The molecule has 3 rings (SSSR count). The summed E-state index contributed by atoms with van der Waals surface area (Å²) in [5.41, 5.74) is 2.09. The van der Waals surface area contributed by atoms with E-state index in [1.54, 1.807) is 0 Å². The van der Waals surface area contributed by atoms with E-state index in [2.05, 4.69) is 4.72 Å². The zero-order chi connectivity index (χ0) is 14.9. The number of aryl methyl sites for hydroxylation is 1. The Morgan fingerprint density at radius 1 is 1.29 bits per heavy atom. The van der Waals surface area contributed by atoms with Gasteiger partial charge in [-0.15, -0.1) is 0 Å². The first-order valence-electron chi connectivity index (χ1n) is 7.62. The van der Waals surface area contributed by atoms with Crippen LogP contribution >= 0.6 is 0 Å². The predicted molar refractivity (Wildman–Crippen MR) is 82.4 cm³/mol. The van der Waals surface area contributed by atoms with E-state index in [0.717, 1.165) is 50.0 Å². The van der Waals surface area contributed by atoms with Crippen LogP contribution in [0.5, 0.6) is 0 Å². The highest BCUT2D eigenvalue weighted by Crippen LogP contribution is 2.49. The topological polar surface area (TPSA) is 55.4 Å². The minimum Gasteiger partial charge on any atom is -0.381 e. The van der Waals surface area contributed by atoms with Crippen molar-refractivity contribution in [2.24, 2.45) is 5.41 Å². The van der Waals surface area contributed by atoms with Crippen LogP contribution in [0.25, 0.3) is 0 Å². The van der Waals surface area contributed by atoms with E-state index < -0.39 is 10.0 Å². The van der Waals surface area contributed by atoms with Gasteiger partial charge in [0.25, 0.3) is 0 Å². The first-order valence-corrected chi connectivity index (χ1v) is 9.28. The fourth-order valence-electron chi connectivity index (χ4n) is 3.54. The third kappa shape index (κ3) is 3.30. The number of hydrogen-bond donors (Lipinski definition) is 1. The van der Waals surface area contributed by atoms with Crippen LogP contribution in [0, 0.1) is 12.3 Å². The smallest absolute Gasteiger partial charge is 0.216 e. The summed E-state index contributed by atoms with van der Waals surface area (Å²) in [4.78, 5) is 0. The molecule has 1 aromatic carbocycles. The standard InChI is InChI=1S/C16H23NO3S/c1-13-3-2-4-14(11-13)12-21(18,19)17-15-5-6-16(15)7-9-20-10-8-16/h2-4,11,15,17H,5-10,12H2,1H3. The number of rotatable bonds is 4. The van der Waals surface area contributed by atoms with Crippen molar-refractivity contribution in [3.05, 3.63) is 35.4 Å². The number of benzene rings is 1. The van der Waals surface area contributed by atoms with Crippen LogP contribution in [-0.2, 0) is 20.5 Å². The van der Waals surface area contributed by atoms with Crippen molar-refractivity contribution in [1.29, 1.82) is 0 Å². The molecule has 1 N–H and O–H groups in total. The summed E-state index contributed by atoms with van der Waals surface area (Å²) in [6.45, 7) is 3.50. The van der Waals surface area contributed by atoms with Crippen molar-refractivity contribution in [1.82, 2.24) is 4.72 Å². The van der Waals surface area contributed by atoms with Crippen LogP contribution in [0.1, 0.15) is 36.8 Å². The molecular formula is C16H23NO3S. The molecular weight excluding hydrogens is 286 g/mol. The molecule has 1 heterocycles. The lowest BCUT2D eigenvalue weighted by atomic mass is 9.60. The molecule has 21 heavy (non-hydrogen) atoms. The molecule has 1 aliphatic carbocycles. The molecule has 0 bridgehead atoms. The summed E-state index contributed by atoms with van der Waals surface area (Å²) in [5.74, 6) is 0.0672. The van der Waals surface area contributed by atoms with Gasteiger partial charge in [-0.1, -0.05) is 29.8 Å². The van der Waals surface area contributed by atoms with Gasteiger partial charge in [-0.05, 0) is 43.6 Å². The van der Waals surface area contributed by atoms with E-state index in [1.807, 2.05) is 31.2 Å². The van der Waals surface area contributed by atoms with Gasteiger partial charge in [0.2, 0.25) is 10.0 Å². The quantitative estimate of drug-likeness (QED) is 0.929. The van der Waals surface area contributed by atoms with Gasteiger partial charge in [-0.25, -0.2) is 13.1 Å². The summed E-state index contributed by atoms with van der Waals surface area (Å²) in [7, 11) is -3.28. The molecule has 0 radical (unpaired) electrons. The highest BCUT2D eigenvalue weighted by atomic mass is 32.2. The lowest BCUT2D eigenvalue weighted by molar-refractivity contribution is -0.0483. The molecule has 0 amide bonds. The second kappa shape index (κ2) is 5.71. The second-order valence-electron chi connectivity index (χ2n) is 6.43. The van der Waals surface area contributed by atoms with Crippen molar-refractivity contribution >= 4 is 10.0 Å². The summed E-state index contributed by atoms with van der Waals surface area (Å²) in [5, 5.41) is 0. The van der Waals surface area contributed by atoms with Crippen molar-refractivity contribution in [2.45, 2.75) is 44.4 Å². The van der Waals surface area contributed by atoms with Gasteiger partial charge in [0, 0.05) is 19.3 Å². The summed E-state index contributed by atoms with van der Waals surface area (Å²) < 4.78 is 33.1. The fourth-order valence-corrected chi connectivity index (χ4v) is 5.04. The third-order valence-electron chi connectivity index (χ3n) is 4.92. The van der Waals surface area contributed by atoms with Gasteiger partial charge >= 0.3 is 0 Å². The first kappa shape index (κ1) is 15.0. The molecule has 1 saturated heterocycles. The molecule has 0 aromatic heterocycles. The Bertz CT molecular complexity index is 606. The lowest BCUT2D eigenvalue weighted by Gasteiger charge is -2.51. The molecule has 1 unspecified atom stereocenters. The number of nitrogens with one attached hydrogen (secondary N) is 1. The second-order valence-corrected chi connectivity index (χ2v) is 8.19. The normalized spacial score (nSPS) is 24.7. The van der Waals surface area contributed by atoms with Gasteiger partial charge < -0.3 is 4.74 Å². The van der Waals surface area contributed by atoms with Gasteiger partial charge in [0.1, 0.15) is 0 Å². The zero-order valence-corrected chi connectivity index (χ0v) is 13.3. The average Bonchev–Trinajstić information content (AvgIpc) is 2.44. The van der Waals surface area contributed by atoms with Crippen LogP contribution in [0.2, 0.25) is 0 Å². The molecule has 4 nitrogen and oxygen atoms in total. The van der Waals surface area contributed by atoms with E-state index in [0.29, 0.717) is 0 Å². The van der Waals surface area contributed by atoms with Crippen molar-refractivity contribution < 1.29 is 13.2 Å². The molecule has 1 saturated carbocycles. The monoisotopic (exact) mass is 309 g/mol. The largest absolute Gasteiger partial charge is 0.381 e. The van der Waals surface area contributed by atoms with Crippen LogP contribution in [0.15, 0.2) is 24.3 Å². The lowest BCUT2D eigenvalue weighted by Crippen LogP contribution is -2.57. The molecule has 5 heteroatoms. The van der Waals surface area contributed by atoms with E-state index in [1.165, 1.54) is 0 Å². The number of hydrogen-bond acceptors (Lipinski definition) is 3. The first-order chi connectivity index (χ1) is 9.99. The molecule has 2 aliphatic rings. The highest BCUT2D eigenvalue weighted by Gasteiger charge is 2.48. The van der Waals surface area contributed by atoms with Gasteiger partial charge in [0.15, 0.2) is 0 Å². The Morgan fingerprint density at radius 2 is 2.05 bits per heavy atom. The molecule has 2 fully saturated rings. The Labute approximate surface area is 126 Å². The SMILES string of the molecule is Cc1cccc(CS(=O)(=O)NC2CCC23CCOCC3)c1. The highest BCUT2D eigenvalue weighted by molar-refractivity contribution is 7.88. The minimum atomic E-state index is -3.28. The molecule has 1 aliphatic heterocycles. The van der Waals surface area contributed by atoms with Crippen molar-refractivity contribution in [3.63, 3.8) is 0 Å². The predicted octanol–water partition coefficient (Wildman–Crippen LogP) is 2.37. The average molecular weight is 309 g/mol. The van der Waals surface area contributed by atoms with E-state index in [-0.39, 0.29) is 17.2 Å². The summed E-state index contributed by atoms with van der Waals surface area (Å²) in [6.07, 6.45) is 4.02. The van der Waals surface area contributed by atoms with Crippen LogP contribution in [-0.4, -0.2) is 27.7 Å². The van der Waals surface area contributed by atoms with E-state index in [9.17, 15) is 8.42 Å². The zero-order valence-electron chi connectivity index (χ0n) is 12.5. The Kier molecular flexibility index (Phi) is 4.08. The van der Waals surface area contributed by atoms with Crippen molar-refractivity contribution in [3.8, 4) is 0 Å². The minimum absolute atomic E-state index is 0.0672. The van der Waals surface area contributed by atoms with Crippen LogP contribution in [0.4, 0.5) is 0 Å². The molecule has 1 aromatic rings. The number of ether oxygens (including phenoxy) is 1. The molecule has 116 valence electrons. The molecule has 1 spiro atoms. The third-order valence-corrected chi connectivity index (χ3v) is 6.28. The van der Waals surface area contributed by atoms with Crippen molar-refractivity contribution in [2.75, 3.05) is 13.2 Å². The Morgan fingerprint density at radius 3 is 2.67 bits per heavy atom. The maximum absolute atomic E-state index is 12.4. The van der Waals surface area contributed by atoms with E-state index >= 15 is 0 Å². The van der Waals surface area contributed by atoms with Gasteiger partial charge in [0.05, 0.1) is 5.75 Å². The Balaban J connectivity index is 1.66. The van der Waals surface area contributed by atoms with Gasteiger partial charge in [-0.2, -0.15) is 0 Å². The fraction of sp³-hybridized carbons (Fsp3) is 0.625. The number of sulfonamides is 1. The summed E-state index contributed by atoms with van der Waals surface area (Å²) in [6, 6.07) is 7.79. The summed E-state index contributed by atoms with van der Waals surface area (Å²) >= 11 is 0. The molecule has 1 atom stereocenters.